The van der Waals surface area contributed by atoms with E-state index in [0.29, 0.717) is 29.5 Å². The van der Waals surface area contributed by atoms with Crippen molar-refractivity contribution < 1.29 is 70.9 Å². The molecule has 0 aliphatic heterocycles. The number of methoxy groups -OCH3 is 1. The van der Waals surface area contributed by atoms with E-state index in [2.05, 4.69) is 84.9 Å². The van der Waals surface area contributed by atoms with Crippen LogP contribution in [0.3, 0.4) is 0 Å². The van der Waals surface area contributed by atoms with E-state index in [9.17, 15) is 38.4 Å². The van der Waals surface area contributed by atoms with Gasteiger partial charge in [0.1, 0.15) is 46.6 Å². The van der Waals surface area contributed by atoms with E-state index >= 15 is 0 Å². The largest absolute Gasteiger partial charge is 0.467 e. The predicted molar refractivity (Wildman–Crippen MR) is 342 cm³/mol. The van der Waals surface area contributed by atoms with Gasteiger partial charge in [-0.25, -0.2) is 29.8 Å². The molecule has 0 bridgehead atoms. The van der Waals surface area contributed by atoms with E-state index < -0.39 is 82.7 Å². The highest BCUT2D eigenvalue weighted by Crippen LogP contribution is 2.28. The summed E-state index contributed by atoms with van der Waals surface area (Å²) in [4.78, 5) is 91.4. The average molecular weight is 1300 g/mol. The maximum Gasteiger partial charge on any atom is 0.408 e. The molecule has 0 aliphatic carbocycles. The molecular weight excluding hydrogens is 1180 g/mol. The fourth-order valence-corrected chi connectivity index (χ4v) is 7.29. The van der Waals surface area contributed by atoms with Crippen LogP contribution < -0.4 is 49.1 Å². The van der Waals surface area contributed by atoms with Crippen LogP contribution in [0.5, 0.6) is 0 Å². The van der Waals surface area contributed by atoms with Crippen LogP contribution in [0.4, 0.5) is 19.2 Å². The fourth-order valence-electron chi connectivity index (χ4n) is 7.29. The van der Waals surface area contributed by atoms with Crippen molar-refractivity contribution >= 4 is 60.5 Å². The van der Waals surface area contributed by atoms with E-state index in [0.717, 1.165) is 82.9 Å². The van der Waals surface area contributed by atoms with Crippen LogP contribution >= 0.6 is 12.4 Å². The van der Waals surface area contributed by atoms with Crippen molar-refractivity contribution in [3.8, 4) is 0 Å². The second kappa shape index (κ2) is 45.7. The number of esters is 1. The smallest absolute Gasteiger partial charge is 0.408 e. The van der Waals surface area contributed by atoms with Gasteiger partial charge in [0.2, 0.25) is 29.5 Å². The zero-order valence-electron chi connectivity index (χ0n) is 58.1. The van der Waals surface area contributed by atoms with Crippen molar-refractivity contribution in [3.05, 3.63) is 23.6 Å². The van der Waals surface area contributed by atoms with Crippen molar-refractivity contribution in [2.75, 3.05) is 7.11 Å². The molecule has 5 atom stereocenters. The van der Waals surface area contributed by atoms with E-state index in [1.165, 1.54) is 27.9 Å². The van der Waals surface area contributed by atoms with Crippen LogP contribution in [-0.2, 0) is 42.9 Å². The minimum atomic E-state index is -0.819. The summed E-state index contributed by atoms with van der Waals surface area (Å²) in [5, 5.41) is 26.1. The Morgan fingerprint density at radius 3 is 1.03 bits per heavy atom. The quantitative estimate of drug-likeness (QED) is 0.0155. The van der Waals surface area contributed by atoms with Crippen LogP contribution in [0.2, 0.25) is 0 Å². The third kappa shape index (κ3) is 45.4. The molecule has 2 rings (SSSR count). The molecule has 0 aliphatic rings. The summed E-state index contributed by atoms with van der Waals surface area (Å²) in [5.41, 5.74) is 10.0. The highest BCUT2D eigenvalue weighted by atomic mass is 35.5. The number of ether oxygens (including phenoxy) is 5. The number of rotatable bonds is 24. The standard InChI is InChI=1S/C16H31N3O4.C16H29N3O3.C11H21N3O.C9H17NO4.C8H17N3O3.ClH/c1-7-9-12(10-8-2)14(21)19-18-13(20)11(3)17-15(22)23-16(4,5)6;1-7-9-12(10-8-2)14-19-18-13(21-14)11(3)17-15(20)22-16(4,5)6;1-4-6-9(7-5-2)11-14-13-10(15-11)8(3)12;1-6(7(11)13-5)10-8(12)14-9(2,3)4;1-5(6(12)11-9)10-7(13)14-8(2,3)4;/h11-12H,7-10H2,1-6H3,(H,17,22)(H,18,20)(H,19,21);11-12H,7-10H2,1-6H3,(H,17,20);8-9H,4-7,12H2,1-3H3;6H,1-5H3,(H,10,12);5H,9H2,1-4H3,(H,10,13)(H,11,12);1H/t2*11-;8-;6-;5-;/m00000./s1. The molecule has 0 aromatic carbocycles. The lowest BCUT2D eigenvalue weighted by atomic mass is 9.98. The van der Waals surface area contributed by atoms with Crippen molar-refractivity contribution in [1.82, 2.24) is 57.9 Å². The van der Waals surface area contributed by atoms with Crippen LogP contribution in [0, 0.1) is 5.92 Å². The lowest BCUT2D eigenvalue weighted by Gasteiger charge is -2.22. The van der Waals surface area contributed by atoms with Gasteiger partial charge in [-0.15, -0.1) is 32.8 Å². The number of amides is 7. The Kier molecular flexibility index (Phi) is 45.6. The molecule has 0 saturated carbocycles. The fraction of sp³-hybridized carbons (Fsp3) is 0.800. The molecule has 29 heteroatoms. The number of nitrogens with one attached hydrogen (secondary N) is 7. The molecule has 518 valence electrons. The van der Waals surface area contributed by atoms with Crippen LogP contribution in [0.25, 0.3) is 0 Å². The molecule has 0 saturated heterocycles. The number of carbonyl (C=O) groups is 8. The predicted octanol–water partition coefficient (Wildman–Crippen LogP) is 10.8. The van der Waals surface area contributed by atoms with Crippen LogP contribution in [0.1, 0.15) is 284 Å². The molecule has 2 aromatic heterocycles. The summed E-state index contributed by atoms with van der Waals surface area (Å²) < 4.78 is 35.9. The minimum Gasteiger partial charge on any atom is -0.467 e. The van der Waals surface area contributed by atoms with Crippen molar-refractivity contribution in [1.29, 1.82) is 0 Å². The van der Waals surface area contributed by atoms with Gasteiger partial charge in [-0.2, -0.15) is 0 Å². The van der Waals surface area contributed by atoms with Gasteiger partial charge in [-0.3, -0.25) is 30.7 Å². The van der Waals surface area contributed by atoms with E-state index in [1.807, 2.05) is 47.0 Å². The molecule has 2 heterocycles. The van der Waals surface area contributed by atoms with Crippen molar-refractivity contribution in [2.24, 2.45) is 17.5 Å². The number of hydrogen-bond donors (Lipinski definition) is 9. The summed E-state index contributed by atoms with van der Waals surface area (Å²) in [6.45, 7) is 42.0. The number of nitrogens with zero attached hydrogens (tertiary/aromatic N) is 4. The summed E-state index contributed by atoms with van der Waals surface area (Å²) in [7, 11) is 1.26. The van der Waals surface area contributed by atoms with Crippen molar-refractivity contribution in [3.63, 3.8) is 0 Å². The molecule has 0 spiro atoms. The van der Waals surface area contributed by atoms with Gasteiger partial charge in [-0.05, 0) is 156 Å². The topological polar surface area (TPSA) is 397 Å². The first-order chi connectivity index (χ1) is 40.6. The second-order valence-electron chi connectivity index (χ2n) is 25.1. The third-order valence-corrected chi connectivity index (χ3v) is 11.3. The molecule has 11 N–H and O–H groups in total. The van der Waals surface area contributed by atoms with Gasteiger partial charge in [0, 0.05) is 17.8 Å². The second-order valence-corrected chi connectivity index (χ2v) is 25.1. The summed E-state index contributed by atoms with van der Waals surface area (Å²) in [5.74, 6) is 6.16. The van der Waals surface area contributed by atoms with Gasteiger partial charge < -0.3 is 59.5 Å². The Morgan fingerprint density at radius 2 is 0.730 bits per heavy atom. The Morgan fingerprint density at radius 1 is 0.438 bits per heavy atom. The zero-order chi connectivity index (χ0) is 68.8. The summed E-state index contributed by atoms with van der Waals surface area (Å²) in [6.07, 6.45) is 9.64. The van der Waals surface area contributed by atoms with E-state index in [4.69, 9.17) is 39.4 Å². The highest BCUT2D eigenvalue weighted by Gasteiger charge is 2.27. The molecule has 89 heavy (non-hydrogen) atoms. The van der Waals surface area contributed by atoms with Gasteiger partial charge in [0.15, 0.2) is 0 Å². The molecular formula is C60H116ClN13O15. The van der Waals surface area contributed by atoms with E-state index in [-0.39, 0.29) is 36.3 Å². The number of carbonyl (C=O) groups excluding carboxylic acids is 8. The van der Waals surface area contributed by atoms with Gasteiger partial charge >= 0.3 is 30.3 Å². The highest BCUT2D eigenvalue weighted by molar-refractivity contribution is 5.88. The molecule has 0 fully saturated rings. The Balaban J connectivity index is -0.000000515. The molecule has 2 aromatic rings. The maximum absolute atomic E-state index is 12.0. The average Bonchev–Trinajstić information content (AvgIpc) is 4.08. The minimum absolute atomic E-state index is 0. The first-order valence-electron chi connectivity index (χ1n) is 30.7. The lowest BCUT2D eigenvalue weighted by molar-refractivity contribution is -0.142. The zero-order valence-corrected chi connectivity index (χ0v) is 58.9. The van der Waals surface area contributed by atoms with Crippen LogP contribution in [0.15, 0.2) is 8.83 Å². The third-order valence-electron chi connectivity index (χ3n) is 11.3. The van der Waals surface area contributed by atoms with Crippen molar-refractivity contribution in [2.45, 2.75) is 301 Å². The molecule has 7 amide bonds. The number of aromatic nitrogens is 4. The van der Waals surface area contributed by atoms with Gasteiger partial charge in [0.05, 0.1) is 13.2 Å². The van der Waals surface area contributed by atoms with E-state index in [1.54, 1.807) is 69.2 Å². The normalized spacial score (nSPS) is 12.8. The number of hydrazine groups is 2. The van der Waals surface area contributed by atoms with Gasteiger partial charge in [0.25, 0.3) is 11.8 Å². The summed E-state index contributed by atoms with van der Waals surface area (Å²) >= 11 is 0. The number of nitrogens with two attached hydrogens (primary N) is 2. The Labute approximate surface area is 536 Å². The summed E-state index contributed by atoms with van der Waals surface area (Å²) in [6, 6.07) is -2.78. The first-order valence-corrected chi connectivity index (χ1v) is 30.7. The monoisotopic (exact) mass is 1290 g/mol. The lowest BCUT2D eigenvalue weighted by Crippen LogP contribution is -2.52. The first kappa shape index (κ1) is 88.9. The molecule has 0 radical (unpaired) electrons. The SMILES string of the molecule is CCCC(CCC)C(=O)NNC(=O)[C@H](C)NC(=O)OC(C)(C)C.CCCC(CCC)c1nnc([C@H](C)N)o1.CCCC(CCC)c1nnc([C@H](C)NC(=O)OC(C)(C)C)o1.COC(=O)[C@H](C)NC(=O)OC(C)(C)C.C[C@H](NC(=O)OC(C)(C)C)C(=O)NN.Cl. The number of hydrogen-bond acceptors (Lipinski definition) is 21. The Hall–Kier alpha value is -6.55. The number of halogens is 1. The number of alkyl carbamates (subject to hydrolysis) is 4. The molecule has 0 unspecified atom stereocenters. The van der Waals surface area contributed by atoms with Gasteiger partial charge in [-0.1, -0.05) is 80.1 Å². The Bertz CT molecular complexity index is 2260. The molecule has 28 nitrogen and oxygen atoms in total. The van der Waals surface area contributed by atoms with Crippen LogP contribution in [-0.4, -0.2) is 116 Å². The maximum atomic E-state index is 12.0.